The maximum atomic E-state index is 5.72. The average molecular weight is 354 g/mol. The van der Waals surface area contributed by atoms with Crippen LogP contribution in [0.1, 0.15) is 36.8 Å². The number of benzene rings is 2. The van der Waals surface area contributed by atoms with Crippen molar-refractivity contribution >= 4 is 0 Å². The summed E-state index contributed by atoms with van der Waals surface area (Å²) in [5.41, 5.74) is 2.64. The predicted octanol–water partition coefficient (Wildman–Crippen LogP) is 4.15. The van der Waals surface area contributed by atoms with Crippen LogP contribution in [0.25, 0.3) is 0 Å². The van der Waals surface area contributed by atoms with E-state index in [1.807, 2.05) is 0 Å². The molecule has 0 N–H and O–H groups in total. The molecule has 2 fully saturated rings. The number of epoxide rings is 2. The zero-order chi connectivity index (χ0) is 17.9. The van der Waals surface area contributed by atoms with Gasteiger partial charge in [-0.3, -0.25) is 0 Å². The van der Waals surface area contributed by atoms with Gasteiger partial charge in [-0.05, 0) is 47.2 Å². The van der Waals surface area contributed by atoms with Crippen molar-refractivity contribution in [2.45, 2.75) is 37.9 Å². The van der Waals surface area contributed by atoms with Crippen LogP contribution in [-0.4, -0.2) is 38.6 Å². The summed E-state index contributed by atoms with van der Waals surface area (Å²) in [4.78, 5) is 0. The second-order valence-electron chi connectivity index (χ2n) is 7.25. The molecule has 4 heteroatoms. The Morgan fingerprint density at radius 3 is 1.38 bits per heavy atom. The summed E-state index contributed by atoms with van der Waals surface area (Å²) < 4.78 is 21.8. The number of ether oxygens (including phenoxy) is 4. The molecule has 4 atom stereocenters. The minimum absolute atomic E-state index is 0.289. The van der Waals surface area contributed by atoms with Crippen LogP contribution in [0.15, 0.2) is 48.5 Å². The molecule has 138 valence electrons. The molecule has 0 aliphatic carbocycles. The van der Waals surface area contributed by atoms with Gasteiger partial charge in [0.1, 0.15) is 36.9 Å². The molecule has 26 heavy (non-hydrogen) atoms. The van der Waals surface area contributed by atoms with E-state index < -0.39 is 0 Å². The Morgan fingerprint density at radius 2 is 1.08 bits per heavy atom. The highest BCUT2D eigenvalue weighted by molar-refractivity contribution is 5.34. The van der Waals surface area contributed by atoms with Crippen molar-refractivity contribution in [1.82, 2.24) is 0 Å². The van der Waals surface area contributed by atoms with E-state index in [0.717, 1.165) is 24.7 Å². The van der Waals surface area contributed by atoms with Gasteiger partial charge in [0.25, 0.3) is 0 Å². The topological polar surface area (TPSA) is 43.5 Å². The van der Waals surface area contributed by atoms with Gasteiger partial charge in [-0.25, -0.2) is 0 Å². The molecule has 4 unspecified atom stereocenters. The molecule has 2 heterocycles. The van der Waals surface area contributed by atoms with Gasteiger partial charge in [0.15, 0.2) is 0 Å². The van der Waals surface area contributed by atoms with E-state index >= 15 is 0 Å². The third-order valence-electron chi connectivity index (χ3n) is 5.24. The van der Waals surface area contributed by atoms with E-state index in [0.29, 0.717) is 25.0 Å². The minimum atomic E-state index is 0.289. The molecule has 2 aromatic carbocycles. The summed E-state index contributed by atoms with van der Waals surface area (Å²) in [5.74, 6) is 2.65. The maximum absolute atomic E-state index is 5.72. The highest BCUT2D eigenvalue weighted by Crippen LogP contribution is 2.34. The van der Waals surface area contributed by atoms with E-state index in [2.05, 4.69) is 62.4 Å². The third-order valence-corrected chi connectivity index (χ3v) is 5.24. The van der Waals surface area contributed by atoms with Crippen LogP contribution in [0.2, 0.25) is 0 Å². The minimum Gasteiger partial charge on any atom is -0.491 e. The summed E-state index contributed by atoms with van der Waals surface area (Å²) in [6, 6.07) is 16.9. The van der Waals surface area contributed by atoms with Crippen LogP contribution in [0, 0.1) is 0 Å². The quantitative estimate of drug-likeness (QED) is 0.635. The molecular weight excluding hydrogens is 328 g/mol. The zero-order valence-corrected chi connectivity index (χ0v) is 15.4. The molecule has 0 radical (unpaired) electrons. The van der Waals surface area contributed by atoms with Gasteiger partial charge in [0.05, 0.1) is 13.2 Å². The van der Waals surface area contributed by atoms with Crippen molar-refractivity contribution in [2.24, 2.45) is 0 Å². The van der Waals surface area contributed by atoms with Gasteiger partial charge >= 0.3 is 0 Å². The Balaban J connectivity index is 1.34. The van der Waals surface area contributed by atoms with Gasteiger partial charge in [-0.2, -0.15) is 0 Å². The van der Waals surface area contributed by atoms with E-state index in [1.54, 1.807) is 0 Å². The highest BCUT2D eigenvalue weighted by atomic mass is 16.6. The first kappa shape index (κ1) is 17.4. The van der Waals surface area contributed by atoms with Gasteiger partial charge < -0.3 is 18.9 Å². The van der Waals surface area contributed by atoms with Gasteiger partial charge in [-0.1, -0.05) is 38.1 Å². The van der Waals surface area contributed by atoms with Crippen LogP contribution < -0.4 is 9.47 Å². The lowest BCUT2D eigenvalue weighted by Gasteiger charge is -2.21. The van der Waals surface area contributed by atoms with Crippen LogP contribution in [0.4, 0.5) is 0 Å². The molecular formula is C22H26O4. The summed E-state index contributed by atoms with van der Waals surface area (Å²) in [7, 11) is 0. The monoisotopic (exact) mass is 354 g/mol. The molecule has 2 aromatic rings. The molecule has 0 saturated carbocycles. The fourth-order valence-electron chi connectivity index (χ4n) is 3.02. The van der Waals surface area contributed by atoms with Crippen molar-refractivity contribution in [3.05, 3.63) is 59.7 Å². The molecule has 0 amide bonds. The molecule has 4 nitrogen and oxygen atoms in total. The summed E-state index contributed by atoms with van der Waals surface area (Å²) in [5, 5.41) is 0. The second-order valence-corrected chi connectivity index (χ2v) is 7.25. The average Bonchev–Trinajstić information content (AvgIpc) is 3.59. The normalized spacial score (nSPS) is 23.2. The first-order valence-electron chi connectivity index (χ1n) is 9.38. The van der Waals surface area contributed by atoms with E-state index in [4.69, 9.17) is 18.9 Å². The molecule has 4 rings (SSSR count). The standard InChI is InChI=1S/C22H26O4/c1-15(17-3-7-19(8-4-17)23-11-21-13-25-21)16(2)18-5-9-20(10-6-18)24-12-22-14-26-22/h3-10,15-16,21-22H,11-14H2,1-2H3. The van der Waals surface area contributed by atoms with Crippen molar-refractivity contribution < 1.29 is 18.9 Å². The van der Waals surface area contributed by atoms with Gasteiger partial charge in [0.2, 0.25) is 0 Å². The maximum Gasteiger partial charge on any atom is 0.119 e. The lowest BCUT2D eigenvalue weighted by atomic mass is 9.84. The van der Waals surface area contributed by atoms with E-state index in [-0.39, 0.29) is 12.2 Å². The molecule has 2 aliphatic rings. The molecule has 0 spiro atoms. The Labute approximate surface area is 155 Å². The number of rotatable bonds is 9. The second kappa shape index (κ2) is 7.68. The van der Waals surface area contributed by atoms with Gasteiger partial charge in [-0.15, -0.1) is 0 Å². The lowest BCUT2D eigenvalue weighted by molar-refractivity contribution is 0.263. The zero-order valence-electron chi connectivity index (χ0n) is 15.4. The lowest BCUT2D eigenvalue weighted by Crippen LogP contribution is -2.07. The SMILES string of the molecule is CC(c1ccc(OCC2CO2)cc1)C(C)c1ccc(OCC2CO2)cc1. The number of hydrogen-bond donors (Lipinski definition) is 0. The van der Waals surface area contributed by atoms with Crippen molar-refractivity contribution in [3.8, 4) is 11.5 Å². The first-order valence-corrected chi connectivity index (χ1v) is 9.38. The first-order chi connectivity index (χ1) is 12.7. The molecule has 0 bridgehead atoms. The van der Waals surface area contributed by atoms with Crippen LogP contribution in [0.5, 0.6) is 11.5 Å². The van der Waals surface area contributed by atoms with Crippen molar-refractivity contribution in [3.63, 3.8) is 0 Å². The largest absolute Gasteiger partial charge is 0.491 e. The molecule has 2 saturated heterocycles. The van der Waals surface area contributed by atoms with Crippen LogP contribution >= 0.6 is 0 Å². The summed E-state index contributed by atoms with van der Waals surface area (Å²) in [6.45, 7) is 7.48. The summed E-state index contributed by atoms with van der Waals surface area (Å²) in [6.07, 6.45) is 0.578. The van der Waals surface area contributed by atoms with Crippen LogP contribution in [-0.2, 0) is 9.47 Å². The smallest absolute Gasteiger partial charge is 0.119 e. The predicted molar refractivity (Wildman–Crippen MR) is 100 cm³/mol. The van der Waals surface area contributed by atoms with E-state index in [1.165, 1.54) is 11.1 Å². The summed E-state index contributed by atoms with van der Waals surface area (Å²) >= 11 is 0. The van der Waals surface area contributed by atoms with Gasteiger partial charge in [0, 0.05) is 0 Å². The Morgan fingerprint density at radius 1 is 0.731 bits per heavy atom. The van der Waals surface area contributed by atoms with Crippen LogP contribution in [0.3, 0.4) is 0 Å². The Bertz CT molecular complexity index is 638. The van der Waals surface area contributed by atoms with Crippen molar-refractivity contribution in [2.75, 3.05) is 26.4 Å². The Kier molecular flexibility index (Phi) is 5.14. The molecule has 2 aliphatic heterocycles. The fourth-order valence-corrected chi connectivity index (χ4v) is 3.02. The van der Waals surface area contributed by atoms with Crippen molar-refractivity contribution in [1.29, 1.82) is 0 Å². The van der Waals surface area contributed by atoms with E-state index in [9.17, 15) is 0 Å². The molecule has 0 aromatic heterocycles. The number of hydrogen-bond acceptors (Lipinski definition) is 4. The highest BCUT2D eigenvalue weighted by Gasteiger charge is 2.24. The fraction of sp³-hybridized carbons (Fsp3) is 0.455. The Hall–Kier alpha value is -2.04. The third kappa shape index (κ3) is 4.57.